The van der Waals surface area contributed by atoms with Gasteiger partial charge in [0, 0.05) is 25.1 Å². The molecule has 8 nitrogen and oxygen atoms in total. The molecule has 22 heavy (non-hydrogen) atoms. The molecule has 5 atom stereocenters. The van der Waals surface area contributed by atoms with Gasteiger partial charge in [0.05, 0.1) is 12.7 Å². The summed E-state index contributed by atoms with van der Waals surface area (Å²) < 4.78 is 17.6. The Morgan fingerprint density at radius 3 is 2.77 bits per heavy atom. The second-order valence-electron chi connectivity index (χ2n) is 5.55. The number of amides is 1. The summed E-state index contributed by atoms with van der Waals surface area (Å²) in [5.74, 6) is -1.07. The van der Waals surface area contributed by atoms with Crippen molar-refractivity contribution in [2.45, 2.75) is 24.7 Å². The van der Waals surface area contributed by atoms with Gasteiger partial charge in [-0.25, -0.2) is 0 Å². The molecule has 2 rings (SSSR count). The van der Waals surface area contributed by atoms with E-state index in [-0.39, 0.29) is 12.2 Å². The molecule has 0 radical (unpaired) electrons. The maximum Gasteiger partial charge on any atom is 0.325 e. The molecule has 5 unspecified atom stereocenters. The molecule has 1 aliphatic carbocycles. The van der Waals surface area contributed by atoms with Crippen LogP contribution in [0, 0.1) is 5.92 Å². The maximum absolute atomic E-state index is 11.2. The van der Waals surface area contributed by atoms with Crippen molar-refractivity contribution in [2.24, 2.45) is 11.7 Å². The van der Waals surface area contributed by atoms with Crippen LogP contribution in [0.3, 0.4) is 0 Å². The zero-order valence-corrected chi connectivity index (χ0v) is 13.0. The van der Waals surface area contributed by atoms with Crippen molar-refractivity contribution in [2.75, 3.05) is 13.3 Å². The highest BCUT2D eigenvalue weighted by Crippen LogP contribution is 2.40. The molecule has 5 N–H and O–H groups in total. The van der Waals surface area contributed by atoms with Crippen LogP contribution in [-0.2, 0) is 9.09 Å². The van der Waals surface area contributed by atoms with Crippen LogP contribution < -0.4 is 10.3 Å². The average Bonchev–Trinajstić information content (AvgIpc) is 2.72. The van der Waals surface area contributed by atoms with Crippen LogP contribution in [0.1, 0.15) is 22.8 Å². The lowest BCUT2D eigenvalue weighted by molar-refractivity contribution is -0.728. The van der Waals surface area contributed by atoms with Gasteiger partial charge in [0.25, 0.3) is 5.91 Å². The van der Waals surface area contributed by atoms with E-state index < -0.39 is 37.7 Å². The van der Waals surface area contributed by atoms with Gasteiger partial charge >= 0.3 is 7.60 Å². The van der Waals surface area contributed by atoms with Crippen LogP contribution in [0.4, 0.5) is 0 Å². The fourth-order valence-electron chi connectivity index (χ4n) is 2.64. The molecule has 1 aromatic rings. The molecule has 1 aliphatic rings. The summed E-state index contributed by atoms with van der Waals surface area (Å²) in [7, 11) is -3.64. The lowest BCUT2D eigenvalue weighted by Crippen LogP contribution is -2.45. The molecule has 0 saturated heterocycles. The summed E-state index contributed by atoms with van der Waals surface area (Å²) in [6.45, 7) is 0.933. The standard InChI is InChI=1S/C13H19N2O6P/c1-22(19,20)21-7-9-5-10(12(17)11(9)16)15-4-2-3-8(6-15)13(14)18/h2-4,6,9-12,16-17H,5,7H2,1H3,(H2-,14,18,19,20)/p+1. The summed E-state index contributed by atoms with van der Waals surface area (Å²) in [5.41, 5.74) is 5.51. The number of carbonyl (C=O) groups excluding carboxylic acids is 1. The van der Waals surface area contributed by atoms with Crippen LogP contribution in [-0.4, -0.2) is 46.5 Å². The van der Waals surface area contributed by atoms with Gasteiger partial charge in [-0.15, -0.1) is 0 Å². The molecule has 122 valence electrons. The van der Waals surface area contributed by atoms with E-state index in [0.717, 1.165) is 6.66 Å². The van der Waals surface area contributed by atoms with E-state index in [2.05, 4.69) is 0 Å². The number of aliphatic hydroxyl groups excluding tert-OH is 2. The Morgan fingerprint density at radius 2 is 2.18 bits per heavy atom. The van der Waals surface area contributed by atoms with Crippen LogP contribution in [0.15, 0.2) is 24.5 Å². The van der Waals surface area contributed by atoms with E-state index in [9.17, 15) is 19.6 Å². The molecule has 1 amide bonds. The molecule has 0 aliphatic heterocycles. The molecular weight excluding hydrogens is 311 g/mol. The van der Waals surface area contributed by atoms with Crippen LogP contribution >= 0.6 is 7.60 Å². The number of pyridine rings is 1. The largest absolute Gasteiger partial charge is 0.390 e. The first-order valence-corrected chi connectivity index (χ1v) is 8.83. The van der Waals surface area contributed by atoms with Gasteiger partial charge in [-0.05, 0) is 6.07 Å². The number of carbonyl (C=O) groups is 1. The van der Waals surface area contributed by atoms with Gasteiger partial charge in [0.1, 0.15) is 11.7 Å². The fraction of sp³-hybridized carbons (Fsp3) is 0.538. The molecule has 1 aromatic heterocycles. The van der Waals surface area contributed by atoms with Gasteiger partial charge in [0.2, 0.25) is 0 Å². The predicted molar refractivity (Wildman–Crippen MR) is 76.0 cm³/mol. The highest BCUT2D eigenvalue weighted by atomic mass is 31.2. The van der Waals surface area contributed by atoms with Crippen molar-refractivity contribution < 1.29 is 33.6 Å². The number of rotatable bonds is 5. The lowest BCUT2D eigenvalue weighted by atomic mass is 10.1. The van der Waals surface area contributed by atoms with Crippen molar-refractivity contribution in [3.63, 3.8) is 0 Å². The van der Waals surface area contributed by atoms with Crippen LogP contribution in [0.2, 0.25) is 0 Å². The van der Waals surface area contributed by atoms with E-state index in [4.69, 9.17) is 15.2 Å². The van der Waals surface area contributed by atoms with E-state index in [0.29, 0.717) is 6.42 Å². The summed E-state index contributed by atoms with van der Waals surface area (Å²) in [6.07, 6.45) is 1.35. The summed E-state index contributed by atoms with van der Waals surface area (Å²) >= 11 is 0. The highest BCUT2D eigenvalue weighted by Gasteiger charge is 2.47. The smallest absolute Gasteiger partial charge is 0.325 e. The summed E-state index contributed by atoms with van der Waals surface area (Å²) in [5, 5.41) is 20.2. The fourth-order valence-corrected chi connectivity index (χ4v) is 3.11. The number of nitrogens with zero attached hydrogens (tertiary/aromatic N) is 1. The minimum Gasteiger partial charge on any atom is -0.390 e. The first-order valence-electron chi connectivity index (χ1n) is 6.80. The van der Waals surface area contributed by atoms with Crippen molar-refractivity contribution >= 4 is 13.5 Å². The molecule has 1 heterocycles. The Labute approximate surface area is 127 Å². The molecule has 0 aromatic carbocycles. The average molecular weight is 331 g/mol. The van der Waals surface area contributed by atoms with Crippen molar-refractivity contribution in [3.8, 4) is 0 Å². The number of hydrogen-bond acceptors (Lipinski definition) is 5. The van der Waals surface area contributed by atoms with Crippen molar-refractivity contribution in [1.82, 2.24) is 0 Å². The number of nitrogens with two attached hydrogens (primary N) is 1. The van der Waals surface area contributed by atoms with Gasteiger partial charge < -0.3 is 25.4 Å². The predicted octanol–water partition coefficient (Wildman–Crippen LogP) is -0.812. The van der Waals surface area contributed by atoms with Gasteiger partial charge in [-0.2, -0.15) is 4.57 Å². The van der Waals surface area contributed by atoms with Crippen molar-refractivity contribution in [1.29, 1.82) is 0 Å². The number of hydrogen-bond donors (Lipinski definition) is 4. The van der Waals surface area contributed by atoms with Crippen LogP contribution in [0.5, 0.6) is 0 Å². The molecule has 1 fully saturated rings. The van der Waals surface area contributed by atoms with Gasteiger partial charge in [-0.1, -0.05) is 0 Å². The Balaban J connectivity index is 2.14. The van der Waals surface area contributed by atoms with E-state index in [1.54, 1.807) is 22.9 Å². The first kappa shape index (κ1) is 17.1. The number of aliphatic hydroxyl groups is 2. The Hall–Kier alpha value is -1.31. The molecule has 1 saturated carbocycles. The zero-order chi connectivity index (χ0) is 16.5. The minimum atomic E-state index is -3.64. The Morgan fingerprint density at radius 1 is 1.50 bits per heavy atom. The lowest BCUT2D eigenvalue weighted by Gasteiger charge is -2.16. The van der Waals surface area contributed by atoms with E-state index in [1.807, 2.05) is 0 Å². The van der Waals surface area contributed by atoms with Crippen LogP contribution in [0.25, 0.3) is 0 Å². The second-order valence-corrected chi connectivity index (χ2v) is 7.41. The molecule has 9 heteroatoms. The minimum absolute atomic E-state index is 0.130. The third-order valence-electron chi connectivity index (χ3n) is 3.79. The molecular formula is C13H20N2O6P+. The highest BCUT2D eigenvalue weighted by molar-refractivity contribution is 7.51. The third kappa shape index (κ3) is 3.91. The molecule has 0 bridgehead atoms. The Bertz CT molecular complexity index is 604. The SMILES string of the molecule is CP(=O)(O)OCC1CC([n+]2cccc(C(N)=O)c2)C(O)C1O. The quantitative estimate of drug-likeness (QED) is 0.412. The zero-order valence-electron chi connectivity index (χ0n) is 12.1. The summed E-state index contributed by atoms with van der Waals surface area (Å²) in [6, 6.07) is 2.70. The van der Waals surface area contributed by atoms with E-state index in [1.165, 1.54) is 6.20 Å². The van der Waals surface area contributed by atoms with Gasteiger partial charge in [0.15, 0.2) is 18.4 Å². The summed E-state index contributed by atoms with van der Waals surface area (Å²) in [4.78, 5) is 20.4. The second kappa shape index (κ2) is 6.44. The normalized spacial score (nSPS) is 30.9. The maximum atomic E-state index is 11.2. The monoisotopic (exact) mass is 331 g/mol. The molecule has 0 spiro atoms. The van der Waals surface area contributed by atoms with Crippen molar-refractivity contribution in [3.05, 3.63) is 30.1 Å². The third-order valence-corrected chi connectivity index (χ3v) is 4.42. The van der Waals surface area contributed by atoms with E-state index >= 15 is 0 Å². The number of aromatic nitrogens is 1. The first-order chi connectivity index (χ1) is 10.2. The Kier molecular flexibility index (Phi) is 4.99. The topological polar surface area (TPSA) is 134 Å². The number of primary amides is 1. The van der Waals surface area contributed by atoms with Gasteiger partial charge in [-0.3, -0.25) is 9.36 Å².